The van der Waals surface area contributed by atoms with Crippen LogP contribution in [-0.2, 0) is 20.9 Å². The van der Waals surface area contributed by atoms with Gasteiger partial charge in [0, 0.05) is 6.20 Å². The van der Waals surface area contributed by atoms with Crippen molar-refractivity contribution >= 4 is 17.5 Å². The molecule has 128 valence electrons. The summed E-state index contributed by atoms with van der Waals surface area (Å²) < 4.78 is 7.54. The van der Waals surface area contributed by atoms with E-state index < -0.39 is 0 Å². The average molecular weight is 337 g/mol. The van der Waals surface area contributed by atoms with Crippen molar-refractivity contribution in [2.45, 2.75) is 38.5 Å². The standard InChI is InChI=1S/C19H19N3O3/c1-11-3-2-4-12(7-11)9-21-10-13(8-20-21)22-18(23)16-14-5-6-15(25-14)17(16)19(22)24/h2-4,7-8,10,14-17H,5-6,9H2,1H3/t14-,15-,16-,17+/m0/s1. The Morgan fingerprint density at radius 1 is 1.16 bits per heavy atom. The van der Waals surface area contributed by atoms with Gasteiger partial charge in [-0.3, -0.25) is 14.3 Å². The van der Waals surface area contributed by atoms with E-state index in [-0.39, 0.29) is 35.9 Å². The molecule has 4 atom stereocenters. The third-order valence-electron chi connectivity index (χ3n) is 5.59. The number of fused-ring (bicyclic) bond motifs is 5. The first-order valence-electron chi connectivity index (χ1n) is 8.73. The van der Waals surface area contributed by atoms with Gasteiger partial charge in [0.1, 0.15) is 0 Å². The van der Waals surface area contributed by atoms with E-state index >= 15 is 0 Å². The monoisotopic (exact) mass is 337 g/mol. The van der Waals surface area contributed by atoms with E-state index in [4.69, 9.17) is 4.74 Å². The number of aryl methyl sites for hydroxylation is 1. The quantitative estimate of drug-likeness (QED) is 0.803. The molecular weight excluding hydrogens is 318 g/mol. The second-order valence-corrected chi connectivity index (χ2v) is 7.24. The van der Waals surface area contributed by atoms with E-state index in [1.807, 2.05) is 12.1 Å². The predicted octanol–water partition coefficient (Wildman–Crippen LogP) is 1.91. The smallest absolute Gasteiger partial charge is 0.240 e. The molecule has 25 heavy (non-hydrogen) atoms. The maximum atomic E-state index is 12.8. The Morgan fingerprint density at radius 3 is 2.56 bits per heavy atom. The van der Waals surface area contributed by atoms with E-state index in [0.717, 1.165) is 18.4 Å². The second-order valence-electron chi connectivity index (χ2n) is 7.24. The van der Waals surface area contributed by atoms with Gasteiger partial charge in [-0.05, 0) is 25.3 Å². The minimum absolute atomic E-state index is 0.0845. The largest absolute Gasteiger partial charge is 0.373 e. The van der Waals surface area contributed by atoms with Gasteiger partial charge in [-0.1, -0.05) is 29.8 Å². The molecule has 2 bridgehead atoms. The SMILES string of the molecule is Cc1cccc(Cn2cc(N3C(=O)[C@@H]4[C@H](C3=O)[C@@H]3CC[C@@H]4O3)cn2)c1. The van der Waals surface area contributed by atoms with Gasteiger partial charge in [0.25, 0.3) is 0 Å². The molecule has 3 aliphatic rings. The zero-order chi connectivity index (χ0) is 17.1. The topological polar surface area (TPSA) is 64.4 Å². The molecule has 0 unspecified atom stereocenters. The number of benzene rings is 1. The molecule has 1 aromatic carbocycles. The number of amides is 2. The lowest BCUT2D eigenvalue weighted by molar-refractivity contribution is -0.124. The number of hydrogen-bond acceptors (Lipinski definition) is 4. The van der Waals surface area contributed by atoms with Gasteiger partial charge < -0.3 is 4.74 Å². The van der Waals surface area contributed by atoms with Crippen LogP contribution in [-0.4, -0.2) is 33.8 Å². The Balaban J connectivity index is 1.40. The molecule has 4 heterocycles. The van der Waals surface area contributed by atoms with E-state index in [9.17, 15) is 9.59 Å². The molecule has 3 aliphatic heterocycles. The van der Waals surface area contributed by atoms with E-state index in [0.29, 0.717) is 12.2 Å². The van der Waals surface area contributed by atoms with Crippen LogP contribution in [0.4, 0.5) is 5.69 Å². The van der Waals surface area contributed by atoms with Crippen LogP contribution < -0.4 is 4.90 Å². The van der Waals surface area contributed by atoms with Crippen molar-refractivity contribution in [3.05, 3.63) is 47.8 Å². The Kier molecular flexibility index (Phi) is 3.12. The normalized spacial score (nSPS) is 30.4. The summed E-state index contributed by atoms with van der Waals surface area (Å²) in [4.78, 5) is 26.9. The average Bonchev–Trinajstić information content (AvgIpc) is 3.33. The predicted molar refractivity (Wildman–Crippen MR) is 89.9 cm³/mol. The highest BCUT2D eigenvalue weighted by molar-refractivity contribution is 6.22. The van der Waals surface area contributed by atoms with Crippen LogP contribution in [0.3, 0.4) is 0 Å². The Hall–Kier alpha value is -2.47. The number of nitrogens with zero attached hydrogens (tertiary/aromatic N) is 3. The lowest BCUT2D eigenvalue weighted by atomic mass is 9.81. The van der Waals surface area contributed by atoms with Crippen LogP contribution in [0.1, 0.15) is 24.0 Å². The van der Waals surface area contributed by atoms with Gasteiger partial charge in [0.2, 0.25) is 11.8 Å². The van der Waals surface area contributed by atoms with Gasteiger partial charge in [-0.2, -0.15) is 5.10 Å². The molecule has 1 aromatic heterocycles. The summed E-state index contributed by atoms with van der Waals surface area (Å²) in [6, 6.07) is 8.21. The molecule has 2 amide bonds. The summed E-state index contributed by atoms with van der Waals surface area (Å²) >= 11 is 0. The molecule has 0 spiro atoms. The first-order chi connectivity index (χ1) is 12.1. The molecule has 3 fully saturated rings. The molecule has 6 nitrogen and oxygen atoms in total. The van der Waals surface area contributed by atoms with Crippen LogP contribution in [0.2, 0.25) is 0 Å². The summed E-state index contributed by atoms with van der Waals surface area (Å²) in [7, 11) is 0. The summed E-state index contributed by atoms with van der Waals surface area (Å²) in [5.41, 5.74) is 2.89. The van der Waals surface area contributed by atoms with E-state index in [1.54, 1.807) is 17.1 Å². The van der Waals surface area contributed by atoms with Crippen molar-refractivity contribution in [3.8, 4) is 0 Å². The van der Waals surface area contributed by atoms with E-state index in [2.05, 4.69) is 24.2 Å². The fourth-order valence-electron chi connectivity index (χ4n) is 4.52. The molecular formula is C19H19N3O3. The summed E-state index contributed by atoms with van der Waals surface area (Å²) in [6.07, 6.45) is 4.98. The highest BCUT2D eigenvalue weighted by Gasteiger charge is 2.62. The lowest BCUT2D eigenvalue weighted by Crippen LogP contribution is -2.33. The number of aromatic nitrogens is 2. The number of rotatable bonds is 3. The number of anilines is 1. The molecule has 0 saturated carbocycles. The summed E-state index contributed by atoms with van der Waals surface area (Å²) in [5.74, 6) is -0.854. The Morgan fingerprint density at radius 2 is 1.88 bits per heavy atom. The molecule has 0 N–H and O–H groups in total. The molecule has 0 radical (unpaired) electrons. The molecule has 5 rings (SSSR count). The zero-order valence-electron chi connectivity index (χ0n) is 14.0. The Bertz CT molecular complexity index is 846. The van der Waals surface area contributed by atoms with Crippen LogP contribution in [0, 0.1) is 18.8 Å². The highest BCUT2D eigenvalue weighted by Crippen LogP contribution is 2.49. The van der Waals surface area contributed by atoms with Crippen LogP contribution in [0.5, 0.6) is 0 Å². The molecule has 3 saturated heterocycles. The minimum Gasteiger partial charge on any atom is -0.373 e. The molecule has 2 aromatic rings. The summed E-state index contributed by atoms with van der Waals surface area (Å²) in [5, 5.41) is 4.34. The highest BCUT2D eigenvalue weighted by atomic mass is 16.5. The molecule has 0 aliphatic carbocycles. The lowest BCUT2D eigenvalue weighted by Gasteiger charge is -2.15. The molecule has 6 heteroatoms. The number of ether oxygens (including phenoxy) is 1. The number of carbonyl (C=O) groups is 2. The van der Waals surface area contributed by atoms with Crippen LogP contribution >= 0.6 is 0 Å². The maximum Gasteiger partial charge on any atom is 0.240 e. The summed E-state index contributed by atoms with van der Waals surface area (Å²) in [6.45, 7) is 2.66. The second kappa shape index (κ2) is 5.26. The zero-order valence-corrected chi connectivity index (χ0v) is 14.0. The fourth-order valence-corrected chi connectivity index (χ4v) is 4.52. The van der Waals surface area contributed by atoms with Crippen molar-refractivity contribution in [1.82, 2.24) is 9.78 Å². The van der Waals surface area contributed by atoms with Gasteiger partial charge in [0.15, 0.2) is 0 Å². The van der Waals surface area contributed by atoms with Crippen LogP contribution in [0.15, 0.2) is 36.7 Å². The number of hydrogen-bond donors (Lipinski definition) is 0. The first-order valence-corrected chi connectivity index (χ1v) is 8.73. The van der Waals surface area contributed by atoms with Gasteiger partial charge in [-0.15, -0.1) is 0 Å². The maximum absolute atomic E-state index is 12.8. The minimum atomic E-state index is -0.300. The number of imide groups is 1. The van der Waals surface area contributed by atoms with Crippen molar-refractivity contribution in [1.29, 1.82) is 0 Å². The third-order valence-corrected chi connectivity index (χ3v) is 5.59. The van der Waals surface area contributed by atoms with Crippen molar-refractivity contribution in [2.75, 3.05) is 4.90 Å². The van der Waals surface area contributed by atoms with Gasteiger partial charge in [-0.25, -0.2) is 4.90 Å². The van der Waals surface area contributed by atoms with Gasteiger partial charge >= 0.3 is 0 Å². The van der Waals surface area contributed by atoms with Crippen molar-refractivity contribution < 1.29 is 14.3 Å². The van der Waals surface area contributed by atoms with Crippen molar-refractivity contribution in [3.63, 3.8) is 0 Å². The van der Waals surface area contributed by atoms with E-state index in [1.165, 1.54) is 10.5 Å². The first kappa shape index (κ1) is 14.8. The van der Waals surface area contributed by atoms with Crippen molar-refractivity contribution in [2.24, 2.45) is 11.8 Å². The fraction of sp³-hybridized carbons (Fsp3) is 0.421. The van der Waals surface area contributed by atoms with Gasteiger partial charge in [0.05, 0.1) is 42.5 Å². The number of carbonyl (C=O) groups excluding carboxylic acids is 2. The third kappa shape index (κ3) is 2.17. The van der Waals surface area contributed by atoms with Crippen LogP contribution in [0.25, 0.3) is 0 Å². The Labute approximate surface area is 145 Å².